The monoisotopic (exact) mass is 365 g/mol. The molecule has 0 saturated heterocycles. The van der Waals surface area contributed by atoms with Crippen molar-refractivity contribution in [2.75, 3.05) is 0 Å². The van der Waals surface area contributed by atoms with Crippen LogP contribution in [0, 0.1) is 12.3 Å². The zero-order chi connectivity index (χ0) is 15.4. The highest BCUT2D eigenvalue weighted by atomic mass is 79.9. The average molecular weight is 367 g/mol. The molecule has 0 unspecified atom stereocenters. The Morgan fingerprint density at radius 2 is 1.95 bits per heavy atom. The second kappa shape index (κ2) is 4.99. The van der Waals surface area contributed by atoms with Crippen LogP contribution in [0.1, 0.15) is 42.0 Å². The first-order valence-corrected chi connectivity index (χ1v) is 8.15. The Morgan fingerprint density at radius 1 is 1.24 bits per heavy atom. The maximum atomic E-state index is 12.4. The lowest BCUT2D eigenvalue weighted by atomic mass is 9.76. The Balaban J connectivity index is 2.23. The molecule has 0 amide bonds. The van der Waals surface area contributed by atoms with E-state index in [2.05, 4.69) is 34.3 Å². The highest BCUT2D eigenvalue weighted by Gasteiger charge is 2.34. The average Bonchev–Trinajstić information content (AvgIpc) is 2.65. The van der Waals surface area contributed by atoms with Gasteiger partial charge in [-0.05, 0) is 59.0 Å². The summed E-state index contributed by atoms with van der Waals surface area (Å²) in [5.41, 5.74) is 4.09. The minimum absolute atomic E-state index is 0.00548. The number of rotatable bonds is 1. The van der Waals surface area contributed by atoms with Crippen LogP contribution in [-0.4, -0.2) is 10.4 Å². The lowest BCUT2D eigenvalue weighted by Crippen LogP contribution is -2.27. The van der Waals surface area contributed by atoms with Gasteiger partial charge in [0.15, 0.2) is 5.78 Å². The van der Waals surface area contributed by atoms with E-state index >= 15 is 0 Å². The molecule has 0 radical (unpaired) electrons. The normalized spacial score (nSPS) is 16.9. The molecule has 0 spiro atoms. The molecular weight excluding hydrogens is 350 g/mol. The lowest BCUT2D eigenvalue weighted by Gasteiger charge is -2.30. The zero-order valence-electron chi connectivity index (χ0n) is 12.3. The first-order valence-electron chi connectivity index (χ1n) is 6.98. The predicted octanol–water partition coefficient (Wildman–Crippen LogP) is 5.36. The molecule has 1 aliphatic carbocycles. The van der Waals surface area contributed by atoms with Crippen LogP contribution in [0.25, 0.3) is 5.69 Å². The van der Waals surface area contributed by atoms with Gasteiger partial charge in [0.2, 0.25) is 0 Å². The smallest absolute Gasteiger partial charge is 0.165 e. The number of nitrogens with zero attached hydrogens (tertiary/aromatic N) is 1. The predicted molar refractivity (Wildman–Crippen MR) is 89.6 cm³/mol. The molecule has 0 saturated carbocycles. The summed E-state index contributed by atoms with van der Waals surface area (Å²) in [6.45, 7) is 6.34. The molecule has 0 fully saturated rings. The number of hydrogen-bond acceptors (Lipinski definition) is 1. The number of hydrogen-bond donors (Lipinski definition) is 0. The number of ketones is 1. The molecule has 1 aliphatic rings. The van der Waals surface area contributed by atoms with Crippen LogP contribution in [0.4, 0.5) is 0 Å². The standard InChI is InChI=1S/C17H17BrClNO/c1-10-6-12-15(8-17(2,3)9-16(12)21)20(10)14-5-4-11(19)7-13(14)18/h4-7H,8-9H2,1-3H3. The van der Waals surface area contributed by atoms with Crippen LogP contribution in [0.3, 0.4) is 0 Å². The number of benzene rings is 1. The van der Waals surface area contributed by atoms with Crippen LogP contribution in [0.2, 0.25) is 5.02 Å². The number of carbonyl (C=O) groups is 1. The second-order valence-electron chi connectivity index (χ2n) is 6.52. The van der Waals surface area contributed by atoms with E-state index in [-0.39, 0.29) is 11.2 Å². The maximum Gasteiger partial charge on any atom is 0.165 e. The number of halogens is 2. The van der Waals surface area contributed by atoms with Crippen molar-refractivity contribution in [3.05, 3.63) is 50.7 Å². The van der Waals surface area contributed by atoms with E-state index < -0.39 is 0 Å². The highest BCUT2D eigenvalue weighted by molar-refractivity contribution is 9.10. The van der Waals surface area contributed by atoms with Gasteiger partial charge in [-0.25, -0.2) is 0 Å². The van der Waals surface area contributed by atoms with Crippen molar-refractivity contribution in [2.24, 2.45) is 5.41 Å². The zero-order valence-corrected chi connectivity index (χ0v) is 14.7. The van der Waals surface area contributed by atoms with Gasteiger partial charge < -0.3 is 4.57 Å². The van der Waals surface area contributed by atoms with E-state index in [0.29, 0.717) is 11.4 Å². The summed E-state index contributed by atoms with van der Waals surface area (Å²) in [7, 11) is 0. The third kappa shape index (κ3) is 2.58. The van der Waals surface area contributed by atoms with Crippen LogP contribution in [-0.2, 0) is 6.42 Å². The van der Waals surface area contributed by atoms with Crippen molar-refractivity contribution >= 4 is 33.3 Å². The highest BCUT2D eigenvalue weighted by Crippen LogP contribution is 2.38. The Kier molecular flexibility index (Phi) is 3.53. The largest absolute Gasteiger partial charge is 0.316 e. The number of aromatic nitrogens is 1. The van der Waals surface area contributed by atoms with Crippen LogP contribution >= 0.6 is 27.5 Å². The third-order valence-electron chi connectivity index (χ3n) is 4.02. The minimum atomic E-state index is 0.00548. The number of carbonyl (C=O) groups excluding carboxylic acids is 1. The van der Waals surface area contributed by atoms with E-state index in [0.717, 1.165) is 33.5 Å². The third-order valence-corrected chi connectivity index (χ3v) is 4.89. The summed E-state index contributed by atoms with van der Waals surface area (Å²) >= 11 is 9.62. The van der Waals surface area contributed by atoms with Gasteiger partial charge >= 0.3 is 0 Å². The van der Waals surface area contributed by atoms with E-state index in [1.54, 1.807) is 0 Å². The first-order chi connectivity index (χ1) is 9.78. The molecule has 2 nitrogen and oxygen atoms in total. The summed E-state index contributed by atoms with van der Waals surface area (Å²) in [6.07, 6.45) is 1.52. The van der Waals surface area contributed by atoms with Gasteiger partial charge in [-0.15, -0.1) is 0 Å². The fourth-order valence-corrected chi connectivity index (χ4v) is 4.01. The molecule has 1 aromatic heterocycles. The molecule has 110 valence electrons. The molecular formula is C17H17BrClNO. The van der Waals surface area contributed by atoms with Gasteiger partial charge in [0.05, 0.1) is 5.69 Å². The SMILES string of the molecule is Cc1cc2c(n1-c1ccc(Cl)cc1Br)CC(C)(C)CC2=O. The summed E-state index contributed by atoms with van der Waals surface area (Å²) in [5, 5.41) is 0.695. The van der Waals surface area contributed by atoms with Crippen molar-refractivity contribution in [3.63, 3.8) is 0 Å². The quantitative estimate of drug-likeness (QED) is 0.666. The maximum absolute atomic E-state index is 12.4. The van der Waals surface area contributed by atoms with Crippen molar-refractivity contribution in [3.8, 4) is 5.69 Å². The fourth-order valence-electron chi connectivity index (χ4n) is 3.15. The van der Waals surface area contributed by atoms with Gasteiger partial charge in [-0.2, -0.15) is 0 Å². The number of fused-ring (bicyclic) bond motifs is 1. The van der Waals surface area contributed by atoms with E-state index in [4.69, 9.17) is 11.6 Å². The van der Waals surface area contributed by atoms with Gasteiger partial charge in [0, 0.05) is 32.9 Å². The Hall–Kier alpha value is -1.06. The van der Waals surface area contributed by atoms with Crippen molar-refractivity contribution in [1.29, 1.82) is 0 Å². The molecule has 0 aliphatic heterocycles. The molecule has 1 aromatic carbocycles. The Morgan fingerprint density at radius 3 is 2.62 bits per heavy atom. The van der Waals surface area contributed by atoms with Gasteiger partial charge in [0.25, 0.3) is 0 Å². The van der Waals surface area contributed by atoms with Crippen molar-refractivity contribution < 1.29 is 4.79 Å². The lowest BCUT2D eigenvalue weighted by molar-refractivity contribution is 0.0911. The number of aryl methyl sites for hydroxylation is 1. The molecule has 4 heteroatoms. The molecule has 2 aromatic rings. The summed E-state index contributed by atoms with van der Waals surface area (Å²) in [5.74, 6) is 0.244. The number of Topliss-reactive ketones (excluding diaryl/α,β-unsaturated/α-hetero) is 1. The van der Waals surface area contributed by atoms with Crippen molar-refractivity contribution in [1.82, 2.24) is 4.57 Å². The molecule has 3 rings (SSSR count). The topological polar surface area (TPSA) is 22.0 Å². The Bertz CT molecular complexity index is 745. The molecule has 0 N–H and O–H groups in total. The first kappa shape index (κ1) is 14.9. The molecule has 0 atom stereocenters. The van der Waals surface area contributed by atoms with Gasteiger partial charge in [-0.3, -0.25) is 4.79 Å². The molecule has 1 heterocycles. The molecule has 21 heavy (non-hydrogen) atoms. The van der Waals surface area contributed by atoms with Gasteiger partial charge in [0.1, 0.15) is 0 Å². The van der Waals surface area contributed by atoms with E-state index in [1.807, 2.05) is 31.2 Å². The van der Waals surface area contributed by atoms with Crippen LogP contribution < -0.4 is 0 Å². The van der Waals surface area contributed by atoms with Gasteiger partial charge in [-0.1, -0.05) is 25.4 Å². The summed E-state index contributed by atoms with van der Waals surface area (Å²) < 4.78 is 3.11. The van der Waals surface area contributed by atoms with E-state index in [9.17, 15) is 4.79 Å². The molecule has 0 bridgehead atoms. The van der Waals surface area contributed by atoms with E-state index in [1.165, 1.54) is 0 Å². The summed E-state index contributed by atoms with van der Waals surface area (Å²) in [4.78, 5) is 12.4. The van der Waals surface area contributed by atoms with Crippen molar-refractivity contribution in [2.45, 2.75) is 33.6 Å². The minimum Gasteiger partial charge on any atom is -0.316 e. The summed E-state index contributed by atoms with van der Waals surface area (Å²) in [6, 6.07) is 7.77. The van der Waals surface area contributed by atoms with Crippen LogP contribution in [0.5, 0.6) is 0 Å². The Labute approximate surface area is 138 Å². The van der Waals surface area contributed by atoms with Crippen LogP contribution in [0.15, 0.2) is 28.7 Å². The second-order valence-corrected chi connectivity index (χ2v) is 7.81. The fraction of sp³-hybridized carbons (Fsp3) is 0.353.